The highest BCUT2D eigenvalue weighted by Crippen LogP contribution is 2.33. The lowest BCUT2D eigenvalue weighted by Crippen LogP contribution is -2.50. The molecule has 1 aromatic carbocycles. The number of carbonyl (C=O) groups is 1. The number of carbonyl (C=O) groups excluding carboxylic acids is 1. The number of aromatic amines is 1. The van der Waals surface area contributed by atoms with Crippen LogP contribution >= 0.6 is 0 Å². The summed E-state index contributed by atoms with van der Waals surface area (Å²) in [4.78, 5) is 20.0. The third-order valence-corrected chi connectivity index (χ3v) is 6.17. The molecule has 3 heterocycles. The van der Waals surface area contributed by atoms with Gasteiger partial charge in [0.2, 0.25) is 0 Å². The fraction of sp³-hybridized carbons (Fsp3) is 0.571. The molecule has 5 heteroatoms. The number of halogens is 1. The van der Waals surface area contributed by atoms with E-state index >= 15 is 0 Å². The lowest BCUT2D eigenvalue weighted by molar-refractivity contribution is -0.124. The standard InChI is InChI=1S/C21H28FN3O/c1-15(26)21-4-2-3-9-25(21)14-24-10-7-16(8-11-24)19-13-23-20-6-5-17(22)12-18(19)20/h5-6,12-13,16,21,23H,2-4,7-11,14H2,1H3/t21-/m1/s1. The quantitative estimate of drug-likeness (QED) is 0.902. The first-order valence-corrected chi connectivity index (χ1v) is 9.85. The lowest BCUT2D eigenvalue weighted by Gasteiger charge is -2.40. The van der Waals surface area contributed by atoms with Crippen molar-refractivity contribution in [2.75, 3.05) is 26.3 Å². The van der Waals surface area contributed by atoms with Crippen LogP contribution in [0.2, 0.25) is 0 Å². The van der Waals surface area contributed by atoms with Gasteiger partial charge in [-0.3, -0.25) is 14.6 Å². The van der Waals surface area contributed by atoms with Crippen LogP contribution in [0, 0.1) is 5.82 Å². The van der Waals surface area contributed by atoms with Gasteiger partial charge in [0, 0.05) is 23.6 Å². The molecule has 1 atom stereocenters. The summed E-state index contributed by atoms with van der Waals surface area (Å²) in [6.07, 6.45) is 7.60. The first kappa shape index (κ1) is 17.7. The van der Waals surface area contributed by atoms with E-state index in [0.717, 1.165) is 56.5 Å². The maximum absolute atomic E-state index is 13.6. The van der Waals surface area contributed by atoms with E-state index in [1.165, 1.54) is 24.5 Å². The number of piperidine rings is 2. The molecule has 2 aliphatic heterocycles. The van der Waals surface area contributed by atoms with Crippen molar-refractivity contribution < 1.29 is 9.18 Å². The largest absolute Gasteiger partial charge is 0.361 e. The van der Waals surface area contributed by atoms with Crippen molar-refractivity contribution >= 4 is 16.7 Å². The van der Waals surface area contributed by atoms with Crippen LogP contribution in [0.15, 0.2) is 24.4 Å². The molecule has 2 saturated heterocycles. The number of Topliss-reactive ketones (excluding diaryl/α,β-unsaturated/α-hetero) is 1. The maximum Gasteiger partial charge on any atom is 0.146 e. The minimum Gasteiger partial charge on any atom is -0.361 e. The average Bonchev–Trinajstić information content (AvgIpc) is 3.05. The Balaban J connectivity index is 1.39. The summed E-state index contributed by atoms with van der Waals surface area (Å²) in [6, 6.07) is 5.09. The first-order chi connectivity index (χ1) is 12.6. The summed E-state index contributed by atoms with van der Waals surface area (Å²) < 4.78 is 13.6. The topological polar surface area (TPSA) is 39.3 Å². The van der Waals surface area contributed by atoms with Crippen molar-refractivity contribution in [1.29, 1.82) is 0 Å². The number of fused-ring (bicyclic) bond motifs is 1. The zero-order valence-corrected chi connectivity index (χ0v) is 15.5. The highest BCUT2D eigenvalue weighted by molar-refractivity contribution is 5.83. The van der Waals surface area contributed by atoms with E-state index in [-0.39, 0.29) is 11.9 Å². The van der Waals surface area contributed by atoms with E-state index in [2.05, 4.69) is 21.0 Å². The molecule has 0 saturated carbocycles. The first-order valence-electron chi connectivity index (χ1n) is 9.85. The monoisotopic (exact) mass is 357 g/mol. The van der Waals surface area contributed by atoms with E-state index in [0.29, 0.717) is 11.7 Å². The van der Waals surface area contributed by atoms with Crippen LogP contribution in [0.1, 0.15) is 50.5 Å². The van der Waals surface area contributed by atoms with E-state index < -0.39 is 0 Å². The summed E-state index contributed by atoms with van der Waals surface area (Å²) in [6.45, 7) is 5.73. The van der Waals surface area contributed by atoms with Crippen LogP contribution in [-0.4, -0.2) is 52.9 Å². The van der Waals surface area contributed by atoms with Crippen molar-refractivity contribution in [3.8, 4) is 0 Å². The summed E-state index contributed by atoms with van der Waals surface area (Å²) >= 11 is 0. The second-order valence-electron chi connectivity index (χ2n) is 7.90. The van der Waals surface area contributed by atoms with Gasteiger partial charge in [-0.25, -0.2) is 4.39 Å². The van der Waals surface area contributed by atoms with Crippen LogP contribution in [0.25, 0.3) is 10.9 Å². The summed E-state index contributed by atoms with van der Waals surface area (Å²) in [5, 5.41) is 1.02. The highest BCUT2D eigenvalue weighted by Gasteiger charge is 2.29. The van der Waals surface area contributed by atoms with Gasteiger partial charge in [0.05, 0.1) is 12.7 Å². The van der Waals surface area contributed by atoms with Crippen LogP contribution in [0.5, 0.6) is 0 Å². The van der Waals surface area contributed by atoms with Gasteiger partial charge >= 0.3 is 0 Å². The number of nitrogens with one attached hydrogen (secondary N) is 1. The van der Waals surface area contributed by atoms with Crippen molar-refractivity contribution in [2.24, 2.45) is 0 Å². The summed E-state index contributed by atoms with van der Waals surface area (Å²) in [7, 11) is 0. The molecule has 4 rings (SSSR count). The SMILES string of the molecule is CC(=O)[C@H]1CCCCN1CN1CCC(c2c[nH]c3ccc(F)cc23)CC1. The number of H-pyrrole nitrogens is 1. The number of hydrogen-bond donors (Lipinski definition) is 1. The van der Waals surface area contributed by atoms with Crippen molar-refractivity contribution in [2.45, 2.75) is 51.0 Å². The van der Waals surface area contributed by atoms with Crippen LogP contribution in [0.3, 0.4) is 0 Å². The predicted octanol–water partition coefficient (Wildman–Crippen LogP) is 3.89. The molecule has 26 heavy (non-hydrogen) atoms. The number of nitrogens with zero attached hydrogens (tertiary/aromatic N) is 2. The van der Waals surface area contributed by atoms with Gasteiger partial charge in [0.25, 0.3) is 0 Å². The van der Waals surface area contributed by atoms with Gasteiger partial charge in [-0.05, 0) is 75.4 Å². The average molecular weight is 357 g/mol. The minimum absolute atomic E-state index is 0.109. The van der Waals surface area contributed by atoms with Crippen molar-refractivity contribution in [3.63, 3.8) is 0 Å². The number of rotatable bonds is 4. The lowest BCUT2D eigenvalue weighted by atomic mass is 9.89. The summed E-state index contributed by atoms with van der Waals surface area (Å²) in [5.74, 6) is 0.614. The minimum atomic E-state index is -0.170. The molecular formula is C21H28FN3O. The molecule has 1 aromatic heterocycles. The number of ketones is 1. The van der Waals surface area contributed by atoms with Gasteiger partial charge in [0.1, 0.15) is 11.6 Å². The maximum atomic E-state index is 13.6. The molecule has 0 radical (unpaired) electrons. The molecule has 0 unspecified atom stereocenters. The Bertz CT molecular complexity index is 779. The van der Waals surface area contributed by atoms with E-state index in [9.17, 15) is 9.18 Å². The van der Waals surface area contributed by atoms with Gasteiger partial charge in [-0.1, -0.05) is 6.42 Å². The predicted molar refractivity (Wildman–Crippen MR) is 102 cm³/mol. The second kappa shape index (κ2) is 7.49. The Morgan fingerprint density at radius 2 is 2.00 bits per heavy atom. The number of benzene rings is 1. The highest BCUT2D eigenvalue weighted by atomic mass is 19.1. The van der Waals surface area contributed by atoms with Crippen molar-refractivity contribution in [3.05, 3.63) is 35.8 Å². The molecule has 140 valence electrons. The van der Waals surface area contributed by atoms with E-state index in [1.54, 1.807) is 13.0 Å². The second-order valence-corrected chi connectivity index (χ2v) is 7.90. The van der Waals surface area contributed by atoms with Gasteiger partial charge in [-0.2, -0.15) is 0 Å². The third kappa shape index (κ3) is 3.55. The zero-order chi connectivity index (χ0) is 18.1. The molecule has 0 aliphatic carbocycles. The van der Waals surface area contributed by atoms with Crippen LogP contribution in [-0.2, 0) is 4.79 Å². The number of aromatic nitrogens is 1. The van der Waals surface area contributed by atoms with Gasteiger partial charge in [0.15, 0.2) is 0 Å². The van der Waals surface area contributed by atoms with E-state index in [1.807, 2.05) is 6.07 Å². The Hall–Kier alpha value is -1.72. The third-order valence-electron chi connectivity index (χ3n) is 6.17. The van der Waals surface area contributed by atoms with Crippen LogP contribution in [0.4, 0.5) is 4.39 Å². The van der Waals surface area contributed by atoms with Crippen LogP contribution < -0.4 is 0 Å². The molecular weight excluding hydrogens is 329 g/mol. The Kier molecular flexibility index (Phi) is 5.09. The molecule has 4 nitrogen and oxygen atoms in total. The van der Waals surface area contributed by atoms with Gasteiger partial charge < -0.3 is 4.98 Å². The number of hydrogen-bond acceptors (Lipinski definition) is 3. The summed E-state index contributed by atoms with van der Waals surface area (Å²) in [5.41, 5.74) is 2.26. The molecule has 2 aliphatic rings. The van der Waals surface area contributed by atoms with Gasteiger partial charge in [-0.15, -0.1) is 0 Å². The Labute approximate surface area is 154 Å². The smallest absolute Gasteiger partial charge is 0.146 e. The normalized spacial score (nSPS) is 23.5. The van der Waals surface area contributed by atoms with Crippen molar-refractivity contribution in [1.82, 2.24) is 14.8 Å². The molecule has 2 fully saturated rings. The molecule has 0 spiro atoms. The molecule has 2 aromatic rings. The molecule has 1 N–H and O–H groups in total. The molecule has 0 bridgehead atoms. The van der Waals surface area contributed by atoms with E-state index in [4.69, 9.17) is 0 Å². The Morgan fingerprint density at radius 1 is 1.19 bits per heavy atom. The Morgan fingerprint density at radius 3 is 2.77 bits per heavy atom. The zero-order valence-electron chi connectivity index (χ0n) is 15.5. The number of likely N-dealkylation sites (tertiary alicyclic amines) is 2. The fourth-order valence-corrected chi connectivity index (χ4v) is 4.72. The molecule has 0 amide bonds. The fourth-order valence-electron chi connectivity index (χ4n) is 4.72.